The summed E-state index contributed by atoms with van der Waals surface area (Å²) in [6.07, 6.45) is -2.20. The number of halogens is 1. The van der Waals surface area contributed by atoms with Gasteiger partial charge in [0.25, 0.3) is 0 Å². The summed E-state index contributed by atoms with van der Waals surface area (Å²) in [4.78, 5) is 14.1. The molecule has 0 fully saturated rings. The van der Waals surface area contributed by atoms with Gasteiger partial charge in [-0.15, -0.1) is 0 Å². The van der Waals surface area contributed by atoms with Crippen LogP contribution >= 0.6 is 0 Å². The van der Waals surface area contributed by atoms with Crippen LogP contribution in [0.3, 0.4) is 0 Å². The Morgan fingerprint density at radius 1 is 1.47 bits per heavy atom. The molecule has 0 aromatic carbocycles. The third-order valence-electron chi connectivity index (χ3n) is 2.20. The maximum absolute atomic E-state index is 13.0. The summed E-state index contributed by atoms with van der Waals surface area (Å²) in [6, 6.07) is 0.850. The minimum atomic E-state index is -1.49. The van der Waals surface area contributed by atoms with E-state index >= 15 is 0 Å². The lowest BCUT2D eigenvalue weighted by Crippen LogP contribution is -2.21. The Morgan fingerprint density at radius 3 is 2.65 bits per heavy atom. The fourth-order valence-electron chi connectivity index (χ4n) is 1.27. The molecule has 1 aromatic heterocycles. The largest absolute Gasteiger partial charge is 0.478 e. The second-order valence-corrected chi connectivity index (χ2v) is 3.42. The number of carboxylic acids is 1. The SMILES string of the molecule is O=C(O)c1cc(C(O)C(O)CCO)ncc1F. The summed E-state index contributed by atoms with van der Waals surface area (Å²) in [6.45, 7) is -0.342. The Balaban J connectivity index is 2.99. The van der Waals surface area contributed by atoms with E-state index in [-0.39, 0.29) is 18.7 Å². The lowest BCUT2D eigenvalue weighted by atomic mass is 10.1. The zero-order valence-electron chi connectivity index (χ0n) is 8.75. The molecule has 94 valence electrons. The summed E-state index contributed by atoms with van der Waals surface area (Å²) in [5.41, 5.74) is -0.796. The van der Waals surface area contributed by atoms with Crippen molar-refractivity contribution in [2.75, 3.05) is 6.61 Å². The van der Waals surface area contributed by atoms with E-state index in [1.54, 1.807) is 0 Å². The van der Waals surface area contributed by atoms with Gasteiger partial charge < -0.3 is 20.4 Å². The quantitative estimate of drug-likeness (QED) is 0.566. The van der Waals surface area contributed by atoms with E-state index in [0.29, 0.717) is 6.20 Å². The molecule has 1 heterocycles. The first kappa shape index (κ1) is 13.5. The van der Waals surface area contributed by atoms with Crippen LogP contribution in [0, 0.1) is 5.82 Å². The minimum Gasteiger partial charge on any atom is -0.478 e. The van der Waals surface area contributed by atoms with E-state index in [2.05, 4.69) is 4.98 Å². The summed E-state index contributed by atoms with van der Waals surface area (Å²) in [5, 5.41) is 36.2. The molecule has 4 N–H and O–H groups in total. The van der Waals surface area contributed by atoms with Crippen LogP contribution in [0.5, 0.6) is 0 Å². The first-order valence-electron chi connectivity index (χ1n) is 4.83. The topological polar surface area (TPSA) is 111 Å². The van der Waals surface area contributed by atoms with Crippen molar-refractivity contribution in [1.29, 1.82) is 0 Å². The highest BCUT2D eigenvalue weighted by Gasteiger charge is 2.22. The maximum Gasteiger partial charge on any atom is 0.338 e. The van der Waals surface area contributed by atoms with Crippen molar-refractivity contribution in [2.24, 2.45) is 0 Å². The van der Waals surface area contributed by atoms with Gasteiger partial charge in [-0.1, -0.05) is 0 Å². The summed E-state index contributed by atoms with van der Waals surface area (Å²) >= 11 is 0. The van der Waals surface area contributed by atoms with Crippen molar-refractivity contribution >= 4 is 5.97 Å². The smallest absolute Gasteiger partial charge is 0.338 e. The maximum atomic E-state index is 13.0. The molecule has 0 radical (unpaired) electrons. The van der Waals surface area contributed by atoms with Crippen molar-refractivity contribution in [3.8, 4) is 0 Å². The Kier molecular flexibility index (Phi) is 4.50. The monoisotopic (exact) mass is 245 g/mol. The molecule has 0 saturated heterocycles. The van der Waals surface area contributed by atoms with Gasteiger partial charge in [-0.2, -0.15) is 0 Å². The van der Waals surface area contributed by atoms with Crippen LogP contribution in [0.2, 0.25) is 0 Å². The molecule has 1 aromatic rings. The van der Waals surface area contributed by atoms with Crippen LogP contribution in [0.25, 0.3) is 0 Å². The average molecular weight is 245 g/mol. The van der Waals surface area contributed by atoms with Gasteiger partial charge >= 0.3 is 5.97 Å². The van der Waals surface area contributed by atoms with Crippen LogP contribution in [0.15, 0.2) is 12.3 Å². The molecule has 1 rings (SSSR count). The summed E-state index contributed by atoms with van der Waals surface area (Å²) in [5.74, 6) is -2.51. The Hall–Kier alpha value is -1.57. The first-order valence-corrected chi connectivity index (χ1v) is 4.83. The minimum absolute atomic E-state index is 0.0946. The second kappa shape index (κ2) is 5.67. The highest BCUT2D eigenvalue weighted by Crippen LogP contribution is 2.19. The number of aromatic carboxylic acids is 1. The predicted octanol–water partition coefficient (Wildman–Crippen LogP) is -0.304. The highest BCUT2D eigenvalue weighted by molar-refractivity contribution is 5.87. The number of carbonyl (C=O) groups is 1. The van der Waals surface area contributed by atoms with Gasteiger partial charge in [0.2, 0.25) is 0 Å². The lowest BCUT2D eigenvalue weighted by molar-refractivity contribution is 0.00177. The van der Waals surface area contributed by atoms with Crippen LogP contribution in [0.4, 0.5) is 4.39 Å². The number of carboxylic acid groups (broad SMARTS) is 1. The average Bonchev–Trinajstić information content (AvgIpc) is 2.28. The van der Waals surface area contributed by atoms with E-state index < -0.39 is 29.6 Å². The number of aliphatic hydroxyl groups is 3. The van der Waals surface area contributed by atoms with Gasteiger partial charge in [-0.3, -0.25) is 4.98 Å². The summed E-state index contributed by atoms with van der Waals surface area (Å²) in [7, 11) is 0. The highest BCUT2D eigenvalue weighted by atomic mass is 19.1. The molecule has 0 amide bonds. The number of nitrogens with zero attached hydrogens (tertiary/aromatic N) is 1. The molecule has 2 unspecified atom stereocenters. The van der Waals surface area contributed by atoms with E-state index in [1.165, 1.54) is 0 Å². The molecule has 6 nitrogen and oxygen atoms in total. The molecule has 0 saturated carbocycles. The van der Waals surface area contributed by atoms with Crippen molar-refractivity contribution in [1.82, 2.24) is 4.98 Å². The van der Waals surface area contributed by atoms with E-state index in [0.717, 1.165) is 6.07 Å². The molecule has 0 aliphatic carbocycles. The molecule has 7 heteroatoms. The molecule has 0 spiro atoms. The standard InChI is InChI=1S/C10H12FNO5/c11-6-4-12-7(3-5(6)10(16)17)9(15)8(14)1-2-13/h3-4,8-9,13-15H,1-2H2,(H,16,17). The first-order chi connectivity index (χ1) is 7.97. The van der Waals surface area contributed by atoms with Crippen LogP contribution in [0.1, 0.15) is 28.6 Å². The molecule has 0 aliphatic rings. The number of hydrogen-bond donors (Lipinski definition) is 4. The fraction of sp³-hybridized carbons (Fsp3) is 0.400. The fourth-order valence-corrected chi connectivity index (χ4v) is 1.27. The molecular weight excluding hydrogens is 233 g/mol. The Morgan fingerprint density at radius 2 is 2.12 bits per heavy atom. The Bertz CT molecular complexity index is 412. The lowest BCUT2D eigenvalue weighted by Gasteiger charge is -2.16. The number of aromatic nitrogens is 1. The van der Waals surface area contributed by atoms with Crippen molar-refractivity contribution < 1.29 is 29.6 Å². The number of hydrogen-bond acceptors (Lipinski definition) is 5. The van der Waals surface area contributed by atoms with E-state index in [9.17, 15) is 19.4 Å². The third-order valence-corrected chi connectivity index (χ3v) is 2.20. The normalized spacial score (nSPS) is 14.4. The third kappa shape index (κ3) is 3.19. The molecule has 0 aliphatic heterocycles. The van der Waals surface area contributed by atoms with Gasteiger partial charge in [-0.05, 0) is 12.5 Å². The van der Waals surface area contributed by atoms with Crippen LogP contribution < -0.4 is 0 Å². The van der Waals surface area contributed by atoms with Gasteiger partial charge in [-0.25, -0.2) is 9.18 Å². The van der Waals surface area contributed by atoms with Crippen LogP contribution in [-0.2, 0) is 0 Å². The zero-order chi connectivity index (χ0) is 13.0. The van der Waals surface area contributed by atoms with E-state index in [4.69, 9.17) is 10.2 Å². The van der Waals surface area contributed by atoms with Gasteiger partial charge in [0.1, 0.15) is 6.10 Å². The van der Waals surface area contributed by atoms with E-state index in [1.807, 2.05) is 0 Å². The van der Waals surface area contributed by atoms with Gasteiger partial charge in [0.15, 0.2) is 5.82 Å². The number of pyridine rings is 1. The van der Waals surface area contributed by atoms with Gasteiger partial charge in [0.05, 0.1) is 23.6 Å². The van der Waals surface area contributed by atoms with Crippen molar-refractivity contribution in [3.05, 3.63) is 29.3 Å². The van der Waals surface area contributed by atoms with Crippen molar-refractivity contribution in [2.45, 2.75) is 18.6 Å². The number of aliphatic hydroxyl groups excluding tert-OH is 3. The molecule has 17 heavy (non-hydrogen) atoms. The Labute approximate surface area is 96.0 Å². The molecule has 0 bridgehead atoms. The number of rotatable bonds is 5. The molecular formula is C10H12FNO5. The van der Waals surface area contributed by atoms with Gasteiger partial charge in [0, 0.05) is 6.61 Å². The second-order valence-electron chi connectivity index (χ2n) is 3.42. The predicted molar refractivity (Wildman–Crippen MR) is 53.8 cm³/mol. The zero-order valence-corrected chi connectivity index (χ0v) is 8.75. The van der Waals surface area contributed by atoms with Crippen LogP contribution in [-0.4, -0.2) is 44.1 Å². The van der Waals surface area contributed by atoms with Crippen molar-refractivity contribution in [3.63, 3.8) is 0 Å². The molecule has 2 atom stereocenters. The summed E-state index contributed by atoms with van der Waals surface area (Å²) < 4.78 is 13.0.